The lowest BCUT2D eigenvalue weighted by Gasteiger charge is -1.98. The fourth-order valence-corrected chi connectivity index (χ4v) is 2.77. The molecule has 0 atom stereocenters. The summed E-state index contributed by atoms with van der Waals surface area (Å²) in [6.45, 7) is 3.34. The maximum absolute atomic E-state index is 11.5. The van der Waals surface area contributed by atoms with Crippen LogP contribution >= 0.6 is 0 Å². The van der Waals surface area contributed by atoms with Gasteiger partial charge in [0, 0.05) is 5.56 Å². The maximum atomic E-state index is 11.5. The number of carbonyl (C=O) groups is 1. The topological polar surface area (TPSA) is 84.6 Å². The second-order valence-electron chi connectivity index (χ2n) is 3.62. The van der Waals surface area contributed by atoms with Crippen LogP contribution in [-0.2, 0) is 15.6 Å². The highest BCUT2D eigenvalue weighted by Gasteiger charge is 2.18. The summed E-state index contributed by atoms with van der Waals surface area (Å²) in [6.07, 6.45) is 0.536. The molecule has 16 heavy (non-hydrogen) atoms. The van der Waals surface area contributed by atoms with E-state index in [1.54, 1.807) is 13.8 Å². The third-order valence-electron chi connectivity index (χ3n) is 2.04. The molecular weight excluding hydrogens is 232 g/mol. The van der Waals surface area contributed by atoms with Crippen molar-refractivity contribution in [2.45, 2.75) is 26.0 Å². The number of aryl methyl sites for hydroxylation is 1. The van der Waals surface area contributed by atoms with Gasteiger partial charge in [-0.15, -0.1) is 0 Å². The van der Waals surface area contributed by atoms with Gasteiger partial charge in [0.25, 0.3) is 0 Å². The van der Waals surface area contributed by atoms with E-state index in [1.807, 2.05) is 0 Å². The van der Waals surface area contributed by atoms with Gasteiger partial charge in [0.2, 0.25) is 5.76 Å². The quantitative estimate of drug-likeness (QED) is 0.853. The molecule has 1 aromatic heterocycles. The molecule has 0 aliphatic rings. The SMILES string of the molecule is CCCS(=O)(=O)Cc1cc(C)c(C(=O)O)o1. The number of carboxylic acids is 1. The average molecular weight is 246 g/mol. The van der Waals surface area contributed by atoms with Crippen LogP contribution in [0.2, 0.25) is 0 Å². The van der Waals surface area contributed by atoms with E-state index >= 15 is 0 Å². The number of hydrogen-bond donors (Lipinski definition) is 1. The highest BCUT2D eigenvalue weighted by atomic mass is 32.2. The third-order valence-corrected chi connectivity index (χ3v) is 3.79. The van der Waals surface area contributed by atoms with Crippen LogP contribution in [0, 0.1) is 6.92 Å². The molecule has 1 N–H and O–H groups in total. The molecule has 0 aromatic carbocycles. The molecule has 0 aliphatic heterocycles. The Morgan fingerprint density at radius 1 is 1.50 bits per heavy atom. The molecule has 0 unspecified atom stereocenters. The fourth-order valence-electron chi connectivity index (χ4n) is 1.43. The summed E-state index contributed by atoms with van der Waals surface area (Å²) in [5, 5.41) is 8.74. The van der Waals surface area contributed by atoms with Crippen molar-refractivity contribution >= 4 is 15.8 Å². The van der Waals surface area contributed by atoms with Gasteiger partial charge in [-0.25, -0.2) is 13.2 Å². The summed E-state index contributed by atoms with van der Waals surface area (Å²) >= 11 is 0. The van der Waals surface area contributed by atoms with Crippen LogP contribution < -0.4 is 0 Å². The Kier molecular flexibility index (Phi) is 3.74. The number of rotatable bonds is 5. The van der Waals surface area contributed by atoms with Gasteiger partial charge >= 0.3 is 5.97 Å². The molecule has 0 amide bonds. The van der Waals surface area contributed by atoms with Crippen LogP contribution in [0.4, 0.5) is 0 Å². The fraction of sp³-hybridized carbons (Fsp3) is 0.500. The lowest BCUT2D eigenvalue weighted by Crippen LogP contribution is -2.07. The maximum Gasteiger partial charge on any atom is 0.372 e. The third kappa shape index (κ3) is 3.10. The van der Waals surface area contributed by atoms with Crippen molar-refractivity contribution in [2.24, 2.45) is 0 Å². The lowest BCUT2D eigenvalue weighted by atomic mass is 10.3. The molecule has 6 heteroatoms. The Labute approximate surface area is 94.0 Å². The second kappa shape index (κ2) is 4.69. The molecule has 90 valence electrons. The Balaban J connectivity index is 2.91. The van der Waals surface area contributed by atoms with E-state index in [0.717, 1.165) is 0 Å². The molecule has 1 rings (SSSR count). The van der Waals surface area contributed by atoms with E-state index in [-0.39, 0.29) is 23.0 Å². The summed E-state index contributed by atoms with van der Waals surface area (Å²) < 4.78 is 27.9. The predicted octanol–water partition coefficient (Wildman–Crippen LogP) is 1.61. The molecule has 1 aromatic rings. The van der Waals surface area contributed by atoms with Crippen LogP contribution in [0.5, 0.6) is 0 Å². The summed E-state index contributed by atoms with van der Waals surface area (Å²) in [7, 11) is -3.20. The first-order valence-corrected chi connectivity index (χ1v) is 6.71. The molecular formula is C10H14O5S. The zero-order chi connectivity index (χ0) is 12.3. The van der Waals surface area contributed by atoms with Crippen LogP contribution in [0.1, 0.15) is 35.2 Å². The molecule has 0 radical (unpaired) electrons. The van der Waals surface area contributed by atoms with Gasteiger partial charge in [0.15, 0.2) is 9.84 Å². The molecule has 0 saturated carbocycles. The van der Waals surface area contributed by atoms with Crippen molar-refractivity contribution in [3.05, 3.63) is 23.2 Å². The number of aromatic carboxylic acids is 1. The van der Waals surface area contributed by atoms with E-state index < -0.39 is 15.8 Å². The van der Waals surface area contributed by atoms with Crippen LogP contribution in [0.25, 0.3) is 0 Å². The van der Waals surface area contributed by atoms with Gasteiger partial charge in [0.1, 0.15) is 11.5 Å². The lowest BCUT2D eigenvalue weighted by molar-refractivity contribution is 0.0659. The van der Waals surface area contributed by atoms with Crippen molar-refractivity contribution in [1.82, 2.24) is 0 Å². The van der Waals surface area contributed by atoms with E-state index in [1.165, 1.54) is 6.07 Å². The summed E-state index contributed by atoms with van der Waals surface area (Å²) in [4.78, 5) is 10.7. The van der Waals surface area contributed by atoms with Crippen molar-refractivity contribution in [3.63, 3.8) is 0 Å². The Hall–Kier alpha value is -1.30. The monoisotopic (exact) mass is 246 g/mol. The van der Waals surface area contributed by atoms with Gasteiger partial charge in [-0.05, 0) is 19.4 Å². The van der Waals surface area contributed by atoms with Gasteiger partial charge in [0.05, 0.1) is 5.75 Å². The van der Waals surface area contributed by atoms with Crippen molar-refractivity contribution in [3.8, 4) is 0 Å². The number of hydrogen-bond acceptors (Lipinski definition) is 4. The van der Waals surface area contributed by atoms with Gasteiger partial charge in [-0.3, -0.25) is 0 Å². The van der Waals surface area contributed by atoms with Gasteiger partial charge in [-0.1, -0.05) is 6.92 Å². The minimum Gasteiger partial charge on any atom is -0.475 e. The van der Waals surface area contributed by atoms with E-state index in [0.29, 0.717) is 12.0 Å². The summed E-state index contributed by atoms with van der Waals surface area (Å²) in [5.41, 5.74) is 0.439. The van der Waals surface area contributed by atoms with Crippen LogP contribution in [0.15, 0.2) is 10.5 Å². The van der Waals surface area contributed by atoms with Gasteiger partial charge < -0.3 is 9.52 Å². The van der Waals surface area contributed by atoms with Crippen LogP contribution in [-0.4, -0.2) is 25.2 Å². The second-order valence-corrected chi connectivity index (χ2v) is 5.81. The molecule has 0 saturated heterocycles. The van der Waals surface area contributed by atoms with Crippen molar-refractivity contribution < 1.29 is 22.7 Å². The predicted molar refractivity (Wildman–Crippen MR) is 58.2 cm³/mol. The normalized spacial score (nSPS) is 11.6. The molecule has 1 heterocycles. The van der Waals surface area contributed by atoms with Crippen LogP contribution in [0.3, 0.4) is 0 Å². The Bertz CT molecular complexity index is 483. The number of carboxylic acid groups (broad SMARTS) is 1. The minimum absolute atomic E-state index is 0.0785. The van der Waals surface area contributed by atoms with Crippen molar-refractivity contribution in [2.75, 3.05) is 5.75 Å². The summed E-state index contributed by atoms with van der Waals surface area (Å²) in [6, 6.07) is 1.46. The zero-order valence-electron chi connectivity index (χ0n) is 9.19. The Morgan fingerprint density at radius 2 is 2.12 bits per heavy atom. The molecule has 0 spiro atoms. The largest absolute Gasteiger partial charge is 0.475 e. The first-order chi connectivity index (χ1) is 7.35. The first kappa shape index (κ1) is 12.8. The average Bonchev–Trinajstić information content (AvgIpc) is 2.45. The van der Waals surface area contributed by atoms with Crippen molar-refractivity contribution in [1.29, 1.82) is 0 Å². The van der Waals surface area contributed by atoms with E-state index in [4.69, 9.17) is 9.52 Å². The molecule has 0 bridgehead atoms. The van der Waals surface area contributed by atoms with E-state index in [2.05, 4.69) is 0 Å². The zero-order valence-corrected chi connectivity index (χ0v) is 10.0. The highest BCUT2D eigenvalue weighted by molar-refractivity contribution is 7.90. The molecule has 0 aliphatic carbocycles. The molecule has 0 fully saturated rings. The minimum atomic E-state index is -3.20. The highest BCUT2D eigenvalue weighted by Crippen LogP contribution is 2.17. The first-order valence-electron chi connectivity index (χ1n) is 4.88. The van der Waals surface area contributed by atoms with E-state index in [9.17, 15) is 13.2 Å². The number of sulfone groups is 1. The van der Waals surface area contributed by atoms with Gasteiger partial charge in [-0.2, -0.15) is 0 Å². The summed E-state index contributed by atoms with van der Waals surface area (Å²) in [5.74, 6) is -1.36. The molecule has 5 nitrogen and oxygen atoms in total. The smallest absolute Gasteiger partial charge is 0.372 e. The Morgan fingerprint density at radius 3 is 2.56 bits per heavy atom. The standard InChI is InChI=1S/C10H14O5S/c1-3-4-16(13,14)6-8-5-7(2)9(15-8)10(11)12/h5H,3-4,6H2,1-2H3,(H,11,12). The number of furan rings is 1.